The van der Waals surface area contributed by atoms with Crippen LogP contribution in [0.5, 0.6) is 0 Å². The maximum absolute atomic E-state index is 13.2. The second-order valence-corrected chi connectivity index (χ2v) is 8.14. The Balaban J connectivity index is 1.52. The Morgan fingerprint density at radius 1 is 0.857 bits per heavy atom. The molecule has 1 saturated carbocycles. The minimum atomic E-state index is -0.0235. The first kappa shape index (κ1) is 18.4. The zero-order valence-electron chi connectivity index (χ0n) is 15.5. The molecule has 5 heteroatoms. The number of hydrogen-bond acceptors (Lipinski definition) is 3. The van der Waals surface area contributed by atoms with Gasteiger partial charge in [0, 0.05) is 19.0 Å². The average molecular weight is 391 g/mol. The second-order valence-electron chi connectivity index (χ2n) is 7.06. The Bertz CT molecular complexity index is 908. The van der Waals surface area contributed by atoms with Crippen molar-refractivity contribution in [2.75, 3.05) is 5.32 Å². The van der Waals surface area contributed by atoms with Gasteiger partial charge < -0.3 is 10.2 Å². The average Bonchev–Trinajstić information content (AvgIpc) is 3.48. The van der Waals surface area contributed by atoms with Crippen LogP contribution < -0.4 is 5.32 Å². The molecule has 2 amide bonds. The molecule has 0 aliphatic heterocycles. The summed E-state index contributed by atoms with van der Waals surface area (Å²) in [6, 6.07) is 23.6. The maximum Gasteiger partial charge on any atom is 0.264 e. The smallest absolute Gasteiger partial charge is 0.264 e. The lowest BCUT2D eigenvalue weighted by molar-refractivity contribution is -0.117. The van der Waals surface area contributed by atoms with Gasteiger partial charge in [-0.05, 0) is 36.1 Å². The van der Waals surface area contributed by atoms with Crippen LogP contribution in [0.25, 0.3) is 0 Å². The molecule has 1 aromatic heterocycles. The van der Waals surface area contributed by atoms with Crippen molar-refractivity contribution >= 4 is 28.2 Å². The van der Waals surface area contributed by atoms with Crippen LogP contribution >= 0.6 is 11.3 Å². The van der Waals surface area contributed by atoms with Crippen molar-refractivity contribution in [3.05, 3.63) is 88.8 Å². The molecule has 142 valence electrons. The quantitative estimate of drug-likeness (QED) is 0.621. The zero-order chi connectivity index (χ0) is 19.3. The van der Waals surface area contributed by atoms with E-state index in [1.807, 2.05) is 71.6 Å². The lowest BCUT2D eigenvalue weighted by Crippen LogP contribution is -2.29. The van der Waals surface area contributed by atoms with E-state index in [0.29, 0.717) is 18.0 Å². The summed E-state index contributed by atoms with van der Waals surface area (Å²) in [5, 5.41) is 3.66. The molecule has 2 aromatic carbocycles. The molecule has 0 radical (unpaired) electrons. The van der Waals surface area contributed by atoms with E-state index in [1.165, 1.54) is 11.3 Å². The molecule has 0 atom stereocenters. The highest BCUT2D eigenvalue weighted by Gasteiger charge is 2.30. The van der Waals surface area contributed by atoms with Gasteiger partial charge in [-0.2, -0.15) is 0 Å². The van der Waals surface area contributed by atoms with E-state index >= 15 is 0 Å². The third-order valence-corrected chi connectivity index (χ3v) is 5.72. The summed E-state index contributed by atoms with van der Waals surface area (Å²) in [6.45, 7) is 1.08. The molecule has 1 aliphatic rings. The molecule has 0 unspecified atom stereocenters. The van der Waals surface area contributed by atoms with Crippen LogP contribution in [0.15, 0.2) is 72.8 Å². The lowest BCUT2D eigenvalue weighted by atomic mass is 10.1. The van der Waals surface area contributed by atoms with Crippen molar-refractivity contribution in [2.45, 2.75) is 25.9 Å². The SMILES string of the molecule is O=C(Nc1ccc(C(=O)N(Cc2ccccc2)Cc2ccccc2)s1)C1CC1. The number of carbonyl (C=O) groups excluding carboxylic acids is 2. The molecule has 0 saturated heterocycles. The first-order valence-corrected chi connectivity index (χ1v) is 10.3. The van der Waals surface area contributed by atoms with Crippen molar-refractivity contribution < 1.29 is 9.59 Å². The van der Waals surface area contributed by atoms with E-state index < -0.39 is 0 Å². The number of nitrogens with zero attached hydrogens (tertiary/aromatic N) is 1. The molecule has 0 bridgehead atoms. The van der Waals surface area contributed by atoms with Gasteiger partial charge in [0.15, 0.2) is 0 Å². The summed E-state index contributed by atoms with van der Waals surface area (Å²) in [4.78, 5) is 27.7. The Labute approximate surface area is 168 Å². The van der Waals surface area contributed by atoms with Gasteiger partial charge in [-0.15, -0.1) is 11.3 Å². The van der Waals surface area contributed by atoms with Gasteiger partial charge in [0.25, 0.3) is 5.91 Å². The highest BCUT2D eigenvalue weighted by Crippen LogP contribution is 2.32. The fourth-order valence-corrected chi connectivity index (χ4v) is 3.93. The zero-order valence-corrected chi connectivity index (χ0v) is 16.3. The molecule has 1 heterocycles. The van der Waals surface area contributed by atoms with Crippen molar-refractivity contribution in [2.24, 2.45) is 5.92 Å². The fourth-order valence-electron chi connectivity index (χ4n) is 3.05. The first-order chi connectivity index (χ1) is 13.7. The topological polar surface area (TPSA) is 49.4 Å². The van der Waals surface area contributed by atoms with Gasteiger partial charge in [-0.1, -0.05) is 60.7 Å². The number of rotatable bonds is 7. The van der Waals surface area contributed by atoms with Crippen LogP contribution in [0.3, 0.4) is 0 Å². The van der Waals surface area contributed by atoms with Crippen molar-refractivity contribution in [1.82, 2.24) is 4.90 Å². The van der Waals surface area contributed by atoms with Crippen LogP contribution in [0.1, 0.15) is 33.6 Å². The van der Waals surface area contributed by atoms with E-state index in [4.69, 9.17) is 0 Å². The fraction of sp³-hybridized carbons (Fsp3) is 0.217. The summed E-state index contributed by atoms with van der Waals surface area (Å²) >= 11 is 1.34. The van der Waals surface area contributed by atoms with E-state index in [-0.39, 0.29) is 17.7 Å². The molecular weight excluding hydrogens is 368 g/mol. The van der Waals surface area contributed by atoms with Crippen LogP contribution in [0.4, 0.5) is 5.00 Å². The number of nitrogens with one attached hydrogen (secondary N) is 1. The maximum atomic E-state index is 13.2. The van der Waals surface area contributed by atoms with Crippen LogP contribution in [-0.4, -0.2) is 16.7 Å². The van der Waals surface area contributed by atoms with Crippen molar-refractivity contribution in [1.29, 1.82) is 0 Å². The van der Waals surface area contributed by atoms with Gasteiger partial charge in [-0.25, -0.2) is 0 Å². The number of carbonyl (C=O) groups is 2. The molecule has 0 spiro atoms. The van der Waals surface area contributed by atoms with E-state index in [9.17, 15) is 9.59 Å². The van der Waals surface area contributed by atoms with Crippen molar-refractivity contribution in [3.63, 3.8) is 0 Å². The normalized spacial score (nSPS) is 13.1. The first-order valence-electron chi connectivity index (χ1n) is 9.47. The van der Waals surface area contributed by atoms with Crippen LogP contribution in [0.2, 0.25) is 0 Å². The monoisotopic (exact) mass is 390 g/mol. The molecule has 28 heavy (non-hydrogen) atoms. The molecule has 3 aromatic rings. The Morgan fingerprint density at radius 2 is 1.43 bits per heavy atom. The number of benzene rings is 2. The Morgan fingerprint density at radius 3 is 1.96 bits per heavy atom. The molecule has 4 nitrogen and oxygen atoms in total. The largest absolute Gasteiger partial charge is 0.329 e. The summed E-state index contributed by atoms with van der Waals surface area (Å²) < 4.78 is 0. The standard InChI is InChI=1S/C23H22N2O2S/c26-22(19-11-12-19)24-21-14-13-20(28-21)23(27)25(15-17-7-3-1-4-8-17)16-18-9-5-2-6-10-18/h1-10,13-14,19H,11-12,15-16H2,(H,24,26). The van der Waals surface area contributed by atoms with E-state index in [2.05, 4.69) is 5.32 Å². The summed E-state index contributed by atoms with van der Waals surface area (Å²) in [6.07, 6.45) is 1.93. The number of hydrogen-bond donors (Lipinski definition) is 1. The second kappa shape index (κ2) is 8.40. The van der Waals surface area contributed by atoms with E-state index in [1.54, 1.807) is 6.07 Å². The number of anilines is 1. The van der Waals surface area contributed by atoms with Crippen LogP contribution in [-0.2, 0) is 17.9 Å². The van der Waals surface area contributed by atoms with Crippen LogP contribution in [0, 0.1) is 5.92 Å². The molecule has 4 rings (SSSR count). The Hall–Kier alpha value is -2.92. The third-order valence-electron chi connectivity index (χ3n) is 4.73. The van der Waals surface area contributed by atoms with Gasteiger partial charge >= 0.3 is 0 Å². The van der Waals surface area contributed by atoms with Gasteiger partial charge in [0.1, 0.15) is 0 Å². The summed E-state index contributed by atoms with van der Waals surface area (Å²) in [7, 11) is 0. The molecular formula is C23H22N2O2S. The predicted octanol–water partition coefficient (Wildman–Crippen LogP) is 4.94. The molecule has 1 fully saturated rings. The Kier molecular flexibility index (Phi) is 5.53. The van der Waals surface area contributed by atoms with Gasteiger partial charge in [0.05, 0.1) is 9.88 Å². The minimum absolute atomic E-state index is 0.0235. The third kappa shape index (κ3) is 4.67. The summed E-state index contributed by atoms with van der Waals surface area (Å²) in [5.41, 5.74) is 2.18. The number of thiophene rings is 1. The minimum Gasteiger partial charge on any atom is -0.329 e. The molecule has 1 N–H and O–H groups in total. The lowest BCUT2D eigenvalue weighted by Gasteiger charge is -2.22. The number of amides is 2. The van der Waals surface area contributed by atoms with E-state index in [0.717, 1.165) is 29.0 Å². The van der Waals surface area contributed by atoms with Crippen molar-refractivity contribution in [3.8, 4) is 0 Å². The summed E-state index contributed by atoms with van der Waals surface area (Å²) in [5.74, 6) is 0.185. The highest BCUT2D eigenvalue weighted by atomic mass is 32.1. The highest BCUT2D eigenvalue weighted by molar-refractivity contribution is 7.18. The molecule has 1 aliphatic carbocycles. The van der Waals surface area contributed by atoms with Gasteiger partial charge in [0.2, 0.25) is 5.91 Å². The van der Waals surface area contributed by atoms with Gasteiger partial charge in [-0.3, -0.25) is 9.59 Å². The predicted molar refractivity (Wildman–Crippen MR) is 112 cm³/mol.